The van der Waals surface area contributed by atoms with Gasteiger partial charge in [-0.05, 0) is 43.4 Å². The number of methoxy groups -OCH3 is 1. The molecule has 0 radical (unpaired) electrons. The lowest BCUT2D eigenvalue weighted by Crippen LogP contribution is -2.44. The first-order valence-corrected chi connectivity index (χ1v) is 8.86. The van der Waals surface area contributed by atoms with Gasteiger partial charge in [-0.25, -0.2) is 4.79 Å². The quantitative estimate of drug-likeness (QED) is 0.729. The predicted octanol–water partition coefficient (Wildman–Crippen LogP) is 2.77. The summed E-state index contributed by atoms with van der Waals surface area (Å²) in [5.41, 5.74) is 0.300. The molecule has 0 N–H and O–H groups in total. The average Bonchev–Trinajstić information content (AvgIpc) is 3.01. The fourth-order valence-electron chi connectivity index (χ4n) is 3.84. The van der Waals surface area contributed by atoms with Gasteiger partial charge in [0, 0.05) is 6.54 Å². The molecular formula is C18H31NO4. The van der Waals surface area contributed by atoms with Crippen LogP contribution in [-0.2, 0) is 19.1 Å². The summed E-state index contributed by atoms with van der Waals surface area (Å²) in [5.74, 6) is 0.211. The normalized spacial score (nSPS) is 31.4. The van der Waals surface area contributed by atoms with Crippen molar-refractivity contribution >= 4 is 11.9 Å². The van der Waals surface area contributed by atoms with E-state index >= 15 is 0 Å². The van der Waals surface area contributed by atoms with Gasteiger partial charge in [0.1, 0.15) is 12.6 Å². The van der Waals surface area contributed by atoms with Crippen LogP contribution in [-0.4, -0.2) is 49.2 Å². The minimum absolute atomic E-state index is 0.0757. The number of carbonyl (C=O) groups is 2. The summed E-state index contributed by atoms with van der Waals surface area (Å²) in [7, 11) is 1.37. The van der Waals surface area contributed by atoms with Crippen LogP contribution >= 0.6 is 0 Å². The standard InChI is InChI=1S/C18H31NO4/c1-13(2)18(3)9-5-7-14(11-18)23-12-16(20)19-10-6-8-15(19)17(21)22-4/h13-15H,5-12H2,1-4H3/t14?,15-,18?/m1/s1. The van der Waals surface area contributed by atoms with Crippen LogP contribution in [0.4, 0.5) is 0 Å². The molecule has 1 heterocycles. The van der Waals surface area contributed by atoms with Crippen molar-refractivity contribution in [2.45, 2.75) is 71.4 Å². The fourth-order valence-corrected chi connectivity index (χ4v) is 3.84. The van der Waals surface area contributed by atoms with Gasteiger partial charge in [-0.15, -0.1) is 0 Å². The van der Waals surface area contributed by atoms with Crippen molar-refractivity contribution < 1.29 is 19.1 Å². The number of likely N-dealkylation sites (tertiary alicyclic amines) is 1. The van der Waals surface area contributed by atoms with Crippen LogP contribution in [0.5, 0.6) is 0 Å². The largest absolute Gasteiger partial charge is 0.467 e. The first-order valence-electron chi connectivity index (χ1n) is 8.86. The summed E-state index contributed by atoms with van der Waals surface area (Å²) < 4.78 is 10.7. The molecule has 0 aromatic rings. The topological polar surface area (TPSA) is 55.8 Å². The Balaban J connectivity index is 1.85. The maximum atomic E-state index is 12.4. The van der Waals surface area contributed by atoms with Gasteiger partial charge < -0.3 is 14.4 Å². The minimum atomic E-state index is -0.427. The third-order valence-electron chi connectivity index (χ3n) is 5.85. The Labute approximate surface area is 139 Å². The second-order valence-electron chi connectivity index (χ2n) is 7.61. The van der Waals surface area contributed by atoms with Crippen molar-refractivity contribution in [3.05, 3.63) is 0 Å². The summed E-state index contributed by atoms with van der Waals surface area (Å²) >= 11 is 0. The Kier molecular flexibility index (Phi) is 6.06. The zero-order valence-electron chi connectivity index (χ0n) is 15.0. The highest BCUT2D eigenvalue weighted by Gasteiger charge is 2.37. The van der Waals surface area contributed by atoms with E-state index in [1.807, 2.05) is 0 Å². The molecule has 3 atom stereocenters. The number of rotatable bonds is 5. The molecule has 2 fully saturated rings. The maximum absolute atomic E-state index is 12.4. The Morgan fingerprint density at radius 3 is 2.65 bits per heavy atom. The molecule has 2 rings (SSSR count). The van der Waals surface area contributed by atoms with E-state index in [1.54, 1.807) is 4.90 Å². The van der Waals surface area contributed by atoms with Crippen LogP contribution in [0.1, 0.15) is 59.3 Å². The van der Waals surface area contributed by atoms with Gasteiger partial charge in [0.2, 0.25) is 5.91 Å². The van der Waals surface area contributed by atoms with Gasteiger partial charge in [-0.3, -0.25) is 4.79 Å². The molecule has 2 unspecified atom stereocenters. The number of hydrogen-bond acceptors (Lipinski definition) is 4. The number of carbonyl (C=O) groups excluding carboxylic acids is 2. The number of ether oxygens (including phenoxy) is 2. The van der Waals surface area contributed by atoms with Gasteiger partial charge in [0.15, 0.2) is 0 Å². The van der Waals surface area contributed by atoms with Crippen LogP contribution in [0.15, 0.2) is 0 Å². The van der Waals surface area contributed by atoms with Crippen molar-refractivity contribution in [2.24, 2.45) is 11.3 Å². The van der Waals surface area contributed by atoms with E-state index in [0.29, 0.717) is 24.3 Å². The van der Waals surface area contributed by atoms with Crippen LogP contribution in [0.2, 0.25) is 0 Å². The van der Waals surface area contributed by atoms with E-state index < -0.39 is 6.04 Å². The van der Waals surface area contributed by atoms with Gasteiger partial charge >= 0.3 is 5.97 Å². The Morgan fingerprint density at radius 2 is 2.00 bits per heavy atom. The number of nitrogens with zero attached hydrogens (tertiary/aromatic N) is 1. The van der Waals surface area contributed by atoms with Crippen LogP contribution in [0.25, 0.3) is 0 Å². The minimum Gasteiger partial charge on any atom is -0.467 e. The van der Waals surface area contributed by atoms with Crippen molar-refractivity contribution in [1.82, 2.24) is 4.90 Å². The molecule has 1 saturated carbocycles. The van der Waals surface area contributed by atoms with Crippen LogP contribution in [0, 0.1) is 11.3 Å². The molecule has 1 saturated heterocycles. The van der Waals surface area contributed by atoms with Gasteiger partial charge in [-0.1, -0.05) is 27.2 Å². The monoisotopic (exact) mass is 325 g/mol. The third kappa shape index (κ3) is 4.25. The van der Waals surface area contributed by atoms with E-state index in [9.17, 15) is 9.59 Å². The molecule has 132 valence electrons. The van der Waals surface area contributed by atoms with Gasteiger partial charge in [0.05, 0.1) is 13.2 Å². The van der Waals surface area contributed by atoms with Crippen LogP contribution in [0.3, 0.4) is 0 Å². The molecular weight excluding hydrogens is 294 g/mol. The lowest BCUT2D eigenvalue weighted by molar-refractivity contribution is -0.153. The predicted molar refractivity (Wildman–Crippen MR) is 87.9 cm³/mol. The summed E-state index contributed by atoms with van der Waals surface area (Å²) in [4.78, 5) is 25.8. The first-order chi connectivity index (χ1) is 10.9. The summed E-state index contributed by atoms with van der Waals surface area (Å²) in [5, 5.41) is 0. The van der Waals surface area contributed by atoms with Crippen molar-refractivity contribution in [3.63, 3.8) is 0 Å². The first kappa shape index (κ1) is 18.2. The van der Waals surface area contributed by atoms with E-state index in [-0.39, 0.29) is 24.6 Å². The zero-order valence-corrected chi connectivity index (χ0v) is 15.0. The zero-order chi connectivity index (χ0) is 17.0. The van der Waals surface area contributed by atoms with Gasteiger partial charge in [0.25, 0.3) is 0 Å². The highest BCUT2D eigenvalue weighted by atomic mass is 16.5. The van der Waals surface area contributed by atoms with E-state index in [2.05, 4.69) is 20.8 Å². The Morgan fingerprint density at radius 1 is 1.26 bits per heavy atom. The smallest absolute Gasteiger partial charge is 0.328 e. The van der Waals surface area contributed by atoms with Crippen LogP contribution < -0.4 is 0 Å². The van der Waals surface area contributed by atoms with Crippen molar-refractivity contribution in [1.29, 1.82) is 0 Å². The number of hydrogen-bond donors (Lipinski definition) is 0. The maximum Gasteiger partial charge on any atom is 0.328 e. The van der Waals surface area contributed by atoms with Crippen molar-refractivity contribution in [3.8, 4) is 0 Å². The second kappa shape index (κ2) is 7.65. The Bertz CT molecular complexity index is 437. The van der Waals surface area contributed by atoms with E-state index in [4.69, 9.17) is 9.47 Å². The molecule has 0 aromatic heterocycles. The molecule has 2 aliphatic rings. The number of esters is 1. The lowest BCUT2D eigenvalue weighted by atomic mass is 9.67. The highest BCUT2D eigenvalue weighted by molar-refractivity contribution is 5.85. The van der Waals surface area contributed by atoms with E-state index in [1.165, 1.54) is 13.5 Å². The number of amides is 1. The highest BCUT2D eigenvalue weighted by Crippen LogP contribution is 2.42. The van der Waals surface area contributed by atoms with E-state index in [0.717, 1.165) is 25.7 Å². The summed E-state index contributed by atoms with van der Waals surface area (Å²) in [6.07, 6.45) is 6.11. The summed E-state index contributed by atoms with van der Waals surface area (Å²) in [6.45, 7) is 7.54. The van der Waals surface area contributed by atoms with Gasteiger partial charge in [-0.2, -0.15) is 0 Å². The average molecular weight is 325 g/mol. The molecule has 5 nitrogen and oxygen atoms in total. The third-order valence-corrected chi connectivity index (χ3v) is 5.85. The molecule has 1 amide bonds. The summed E-state index contributed by atoms with van der Waals surface area (Å²) in [6, 6.07) is -0.427. The molecule has 0 bridgehead atoms. The molecule has 0 aromatic carbocycles. The second-order valence-corrected chi connectivity index (χ2v) is 7.61. The lowest BCUT2D eigenvalue weighted by Gasteiger charge is -2.41. The SMILES string of the molecule is COC(=O)[C@H]1CCCN1C(=O)COC1CCCC(C)(C(C)C)C1. The Hall–Kier alpha value is -1.10. The molecule has 5 heteroatoms. The molecule has 1 aliphatic carbocycles. The molecule has 1 aliphatic heterocycles. The fraction of sp³-hybridized carbons (Fsp3) is 0.889. The van der Waals surface area contributed by atoms with Crippen molar-refractivity contribution in [2.75, 3.05) is 20.3 Å². The molecule has 23 heavy (non-hydrogen) atoms. The molecule has 0 spiro atoms.